The molecule has 0 bridgehead atoms. The zero-order chi connectivity index (χ0) is 18.8. The zero-order valence-electron chi connectivity index (χ0n) is 15.4. The number of benzene rings is 2. The summed E-state index contributed by atoms with van der Waals surface area (Å²) in [6.45, 7) is 5.74. The van der Waals surface area contributed by atoms with E-state index in [9.17, 15) is 9.59 Å². The van der Waals surface area contributed by atoms with Gasteiger partial charge < -0.3 is 4.74 Å². The molecule has 0 amide bonds. The van der Waals surface area contributed by atoms with E-state index < -0.39 is 0 Å². The van der Waals surface area contributed by atoms with E-state index in [0.29, 0.717) is 28.3 Å². The van der Waals surface area contributed by atoms with Crippen LogP contribution in [0.4, 0.5) is 0 Å². The topological polar surface area (TPSA) is 53.2 Å². The molecule has 0 saturated heterocycles. The minimum absolute atomic E-state index is 0.0161. The first-order valence-corrected chi connectivity index (χ1v) is 8.54. The fraction of sp³-hybridized carbons (Fsp3) is 0.238. The van der Waals surface area contributed by atoms with E-state index in [2.05, 4.69) is 0 Å². The lowest BCUT2D eigenvalue weighted by Gasteiger charge is -2.13. The van der Waals surface area contributed by atoms with Crippen molar-refractivity contribution in [2.24, 2.45) is 0 Å². The minimum Gasteiger partial charge on any atom is -0.497 e. The summed E-state index contributed by atoms with van der Waals surface area (Å²) in [5.41, 5.74) is 2.30. The zero-order valence-corrected chi connectivity index (χ0v) is 15.4. The largest absolute Gasteiger partial charge is 0.497 e. The van der Waals surface area contributed by atoms with Gasteiger partial charge >= 0.3 is 0 Å². The van der Waals surface area contributed by atoms with Crippen LogP contribution in [0.5, 0.6) is 5.75 Å². The molecule has 5 heteroatoms. The van der Waals surface area contributed by atoms with Crippen molar-refractivity contribution in [2.45, 2.75) is 26.7 Å². The Bertz CT molecular complexity index is 981. The van der Waals surface area contributed by atoms with E-state index in [1.54, 1.807) is 31.4 Å². The van der Waals surface area contributed by atoms with Crippen molar-refractivity contribution in [3.8, 4) is 11.4 Å². The normalized spacial score (nSPS) is 11.0. The van der Waals surface area contributed by atoms with Gasteiger partial charge in [-0.05, 0) is 49.2 Å². The lowest BCUT2D eigenvalue weighted by Crippen LogP contribution is -2.27. The van der Waals surface area contributed by atoms with Crippen LogP contribution in [0.3, 0.4) is 0 Å². The smallest absolute Gasteiger partial charge is 0.277 e. The van der Waals surface area contributed by atoms with Crippen LogP contribution in [0.2, 0.25) is 0 Å². The standard InChI is InChI=1S/C21H22N2O3/c1-14(2)19-15(3)22(20(24)16-10-12-18(26-4)13-11-16)23(21(19)25)17-8-6-5-7-9-17/h5-14H,1-4H3. The molecule has 26 heavy (non-hydrogen) atoms. The molecule has 0 saturated carbocycles. The molecule has 1 heterocycles. The molecule has 3 aromatic rings. The van der Waals surface area contributed by atoms with Gasteiger partial charge in [0, 0.05) is 11.1 Å². The van der Waals surface area contributed by atoms with Crippen LogP contribution in [0, 0.1) is 6.92 Å². The lowest BCUT2D eigenvalue weighted by atomic mass is 10.0. The third kappa shape index (κ3) is 2.96. The van der Waals surface area contributed by atoms with Crippen LogP contribution in [0.15, 0.2) is 59.4 Å². The Kier molecular flexibility index (Phi) is 4.80. The molecule has 0 aliphatic rings. The molecule has 0 aliphatic carbocycles. The summed E-state index contributed by atoms with van der Waals surface area (Å²) in [6.07, 6.45) is 0. The van der Waals surface area contributed by atoms with E-state index in [-0.39, 0.29) is 17.4 Å². The second-order valence-corrected chi connectivity index (χ2v) is 6.45. The number of carbonyl (C=O) groups is 1. The summed E-state index contributed by atoms with van der Waals surface area (Å²) in [5, 5.41) is 0. The predicted octanol–water partition coefficient (Wildman–Crippen LogP) is 3.77. The lowest BCUT2D eigenvalue weighted by molar-refractivity contribution is 0.0933. The number of rotatable bonds is 4. The van der Waals surface area contributed by atoms with Crippen molar-refractivity contribution in [1.82, 2.24) is 9.36 Å². The van der Waals surface area contributed by atoms with Crippen LogP contribution < -0.4 is 10.3 Å². The summed E-state index contributed by atoms with van der Waals surface area (Å²) < 4.78 is 8.08. The van der Waals surface area contributed by atoms with Crippen LogP contribution in [0.25, 0.3) is 5.69 Å². The van der Waals surface area contributed by atoms with Crippen LogP contribution >= 0.6 is 0 Å². The highest BCUT2D eigenvalue weighted by molar-refractivity contribution is 5.96. The highest BCUT2D eigenvalue weighted by Crippen LogP contribution is 2.20. The molecule has 0 unspecified atom stereocenters. The van der Waals surface area contributed by atoms with Gasteiger partial charge in [-0.3, -0.25) is 9.59 Å². The quantitative estimate of drug-likeness (QED) is 0.720. The Morgan fingerprint density at radius 3 is 2.15 bits per heavy atom. The number of ether oxygens (including phenoxy) is 1. The van der Waals surface area contributed by atoms with Crippen molar-refractivity contribution in [1.29, 1.82) is 0 Å². The molecular weight excluding hydrogens is 328 g/mol. The van der Waals surface area contributed by atoms with Gasteiger partial charge in [0.1, 0.15) is 5.75 Å². The fourth-order valence-corrected chi connectivity index (χ4v) is 3.19. The summed E-state index contributed by atoms with van der Waals surface area (Å²) in [6, 6.07) is 16.1. The van der Waals surface area contributed by atoms with Gasteiger partial charge in [-0.25, -0.2) is 9.36 Å². The predicted molar refractivity (Wildman–Crippen MR) is 102 cm³/mol. The van der Waals surface area contributed by atoms with Crippen LogP contribution in [-0.4, -0.2) is 22.4 Å². The van der Waals surface area contributed by atoms with Gasteiger partial charge in [0.25, 0.3) is 11.5 Å². The highest BCUT2D eigenvalue weighted by Gasteiger charge is 2.24. The summed E-state index contributed by atoms with van der Waals surface area (Å²) >= 11 is 0. The van der Waals surface area contributed by atoms with E-state index >= 15 is 0 Å². The average Bonchev–Trinajstić information content (AvgIpc) is 2.92. The number of hydrogen-bond acceptors (Lipinski definition) is 3. The van der Waals surface area contributed by atoms with Gasteiger partial charge in [-0.2, -0.15) is 0 Å². The van der Waals surface area contributed by atoms with E-state index in [1.807, 2.05) is 51.1 Å². The second kappa shape index (κ2) is 7.04. The van der Waals surface area contributed by atoms with Crippen molar-refractivity contribution in [3.05, 3.63) is 81.8 Å². The maximum atomic E-state index is 13.2. The number of carbonyl (C=O) groups excluding carboxylic acids is 1. The maximum Gasteiger partial charge on any atom is 0.277 e. The first-order valence-electron chi connectivity index (χ1n) is 8.54. The van der Waals surface area contributed by atoms with Crippen molar-refractivity contribution in [2.75, 3.05) is 7.11 Å². The Morgan fingerprint density at radius 2 is 1.62 bits per heavy atom. The molecule has 0 radical (unpaired) electrons. The summed E-state index contributed by atoms with van der Waals surface area (Å²) in [7, 11) is 1.58. The Balaban J connectivity index is 2.23. The highest BCUT2D eigenvalue weighted by atomic mass is 16.5. The molecule has 0 fully saturated rings. The first kappa shape index (κ1) is 17.7. The van der Waals surface area contributed by atoms with E-state index in [1.165, 1.54) is 9.36 Å². The third-order valence-corrected chi connectivity index (χ3v) is 4.44. The van der Waals surface area contributed by atoms with Crippen molar-refractivity contribution < 1.29 is 9.53 Å². The molecule has 0 atom stereocenters. The van der Waals surface area contributed by atoms with Gasteiger partial charge in [0.2, 0.25) is 0 Å². The van der Waals surface area contributed by atoms with Crippen molar-refractivity contribution in [3.63, 3.8) is 0 Å². The maximum absolute atomic E-state index is 13.2. The molecule has 2 aromatic carbocycles. The monoisotopic (exact) mass is 350 g/mol. The number of nitrogens with zero attached hydrogens (tertiary/aromatic N) is 2. The molecule has 0 spiro atoms. The SMILES string of the molecule is COc1ccc(C(=O)n2c(C)c(C(C)C)c(=O)n2-c2ccccc2)cc1. The minimum atomic E-state index is -0.252. The summed E-state index contributed by atoms with van der Waals surface area (Å²) in [5.74, 6) is 0.439. The number of methoxy groups -OCH3 is 1. The average molecular weight is 350 g/mol. The number of aromatic nitrogens is 2. The Hall–Kier alpha value is -3.08. The van der Waals surface area contributed by atoms with E-state index in [0.717, 1.165) is 0 Å². The molecule has 0 aliphatic heterocycles. The van der Waals surface area contributed by atoms with Crippen LogP contribution in [0.1, 0.15) is 41.4 Å². The van der Waals surface area contributed by atoms with Crippen molar-refractivity contribution >= 4 is 5.91 Å². The molecule has 3 rings (SSSR count). The fourth-order valence-electron chi connectivity index (χ4n) is 3.19. The second-order valence-electron chi connectivity index (χ2n) is 6.45. The molecule has 134 valence electrons. The van der Waals surface area contributed by atoms with E-state index in [4.69, 9.17) is 4.74 Å². The Labute approximate surface area is 152 Å². The number of para-hydroxylation sites is 1. The summed E-state index contributed by atoms with van der Waals surface area (Å²) in [4.78, 5) is 26.3. The molecular formula is C21H22N2O3. The molecule has 5 nitrogen and oxygen atoms in total. The third-order valence-electron chi connectivity index (χ3n) is 4.44. The Morgan fingerprint density at radius 1 is 1.00 bits per heavy atom. The first-order chi connectivity index (χ1) is 12.5. The van der Waals surface area contributed by atoms with Gasteiger partial charge in [0.05, 0.1) is 18.5 Å². The van der Waals surface area contributed by atoms with Gasteiger partial charge in [-0.15, -0.1) is 0 Å². The molecule has 0 N–H and O–H groups in total. The number of hydrogen-bond donors (Lipinski definition) is 0. The molecule has 1 aromatic heterocycles. The van der Waals surface area contributed by atoms with Gasteiger partial charge in [-0.1, -0.05) is 32.0 Å². The van der Waals surface area contributed by atoms with Crippen LogP contribution in [-0.2, 0) is 0 Å². The van der Waals surface area contributed by atoms with Gasteiger partial charge in [0.15, 0.2) is 0 Å².